The molecule has 0 atom stereocenters. The van der Waals surface area contributed by atoms with Gasteiger partial charge in [-0.15, -0.1) is 0 Å². The third kappa shape index (κ3) is 2.88. The fraction of sp³-hybridized carbons (Fsp3) is 0.200. The van der Waals surface area contributed by atoms with Gasteiger partial charge in [-0.2, -0.15) is 0 Å². The van der Waals surface area contributed by atoms with Crippen molar-refractivity contribution < 1.29 is 18.0 Å². The number of hydrogen-bond donors (Lipinski definition) is 2. The van der Waals surface area contributed by atoms with Crippen LogP contribution in [-0.4, -0.2) is 16.9 Å². The number of aromatic nitrogens is 1. The Bertz CT molecular complexity index is 732. The molecule has 2 N–H and O–H groups in total. The van der Waals surface area contributed by atoms with Gasteiger partial charge in [-0.25, -0.2) is 18.2 Å². The Morgan fingerprint density at radius 1 is 1.14 bits per heavy atom. The molecular weight excluding hydrogens is 295 g/mol. The summed E-state index contributed by atoms with van der Waals surface area (Å²) in [4.78, 5) is 16.3. The van der Waals surface area contributed by atoms with Crippen LogP contribution in [-0.2, 0) is 0 Å². The smallest absolute Gasteiger partial charge is 0.259 e. The zero-order valence-electron chi connectivity index (χ0n) is 11.4. The molecular formula is C15H12F3N3O. The van der Waals surface area contributed by atoms with Crippen molar-refractivity contribution in [2.45, 2.75) is 18.9 Å². The van der Waals surface area contributed by atoms with Crippen LogP contribution in [0.15, 0.2) is 30.5 Å². The van der Waals surface area contributed by atoms with Gasteiger partial charge < -0.3 is 10.6 Å². The Morgan fingerprint density at radius 2 is 1.91 bits per heavy atom. The average Bonchev–Trinajstić information content (AvgIpc) is 3.32. The number of halogens is 3. The van der Waals surface area contributed by atoms with E-state index >= 15 is 0 Å². The standard InChI is InChI=1S/C15H12F3N3O/c16-10-5-6-11(13(18)12(10)17)21-15(22)9-2-1-7-19-14(9)20-8-3-4-8/h1-2,5-8H,3-4H2,(H,19,20)(H,21,22). The Balaban J connectivity index is 1.84. The topological polar surface area (TPSA) is 54.0 Å². The minimum Gasteiger partial charge on any atom is -0.367 e. The Kier molecular flexibility index (Phi) is 3.70. The quantitative estimate of drug-likeness (QED) is 0.852. The number of rotatable bonds is 4. The third-order valence-corrected chi connectivity index (χ3v) is 3.25. The second-order valence-electron chi connectivity index (χ2n) is 5.00. The van der Waals surface area contributed by atoms with Gasteiger partial charge in [-0.05, 0) is 37.1 Å². The summed E-state index contributed by atoms with van der Waals surface area (Å²) in [5.41, 5.74) is -0.219. The molecule has 0 saturated heterocycles. The highest BCUT2D eigenvalue weighted by molar-refractivity contribution is 6.07. The predicted octanol–water partition coefficient (Wildman–Crippen LogP) is 3.33. The molecule has 3 rings (SSSR count). The van der Waals surface area contributed by atoms with Crippen molar-refractivity contribution in [1.29, 1.82) is 0 Å². The van der Waals surface area contributed by atoms with Gasteiger partial charge in [0.05, 0.1) is 11.3 Å². The minimum absolute atomic E-state index is 0.207. The van der Waals surface area contributed by atoms with Crippen molar-refractivity contribution >= 4 is 17.4 Å². The van der Waals surface area contributed by atoms with Crippen molar-refractivity contribution in [3.05, 3.63) is 53.5 Å². The molecule has 0 spiro atoms. The van der Waals surface area contributed by atoms with E-state index in [0.717, 1.165) is 25.0 Å². The van der Waals surface area contributed by atoms with Crippen LogP contribution in [0.25, 0.3) is 0 Å². The summed E-state index contributed by atoms with van der Waals surface area (Å²) < 4.78 is 39.7. The van der Waals surface area contributed by atoms with Gasteiger partial charge in [0.15, 0.2) is 17.5 Å². The maximum atomic E-state index is 13.6. The molecule has 1 amide bonds. The van der Waals surface area contributed by atoms with E-state index < -0.39 is 29.0 Å². The van der Waals surface area contributed by atoms with Crippen LogP contribution in [0.1, 0.15) is 23.2 Å². The first-order valence-corrected chi connectivity index (χ1v) is 6.72. The number of carbonyl (C=O) groups excluding carboxylic acids is 1. The predicted molar refractivity (Wildman–Crippen MR) is 75.2 cm³/mol. The summed E-state index contributed by atoms with van der Waals surface area (Å²) in [5.74, 6) is -4.64. The zero-order chi connectivity index (χ0) is 15.7. The molecule has 1 fully saturated rings. The maximum absolute atomic E-state index is 13.6. The molecule has 7 heteroatoms. The van der Waals surface area contributed by atoms with Crippen LogP contribution in [0.2, 0.25) is 0 Å². The van der Waals surface area contributed by atoms with E-state index in [4.69, 9.17) is 0 Å². The molecule has 114 valence electrons. The van der Waals surface area contributed by atoms with Crippen molar-refractivity contribution in [2.75, 3.05) is 10.6 Å². The first-order chi connectivity index (χ1) is 10.6. The Labute approximate surface area is 124 Å². The summed E-state index contributed by atoms with van der Waals surface area (Å²) in [6.45, 7) is 0. The van der Waals surface area contributed by atoms with Gasteiger partial charge in [0.2, 0.25) is 0 Å². The van der Waals surface area contributed by atoms with E-state index in [1.165, 1.54) is 12.3 Å². The molecule has 2 aromatic rings. The lowest BCUT2D eigenvalue weighted by Crippen LogP contribution is -2.17. The van der Waals surface area contributed by atoms with E-state index in [9.17, 15) is 18.0 Å². The Morgan fingerprint density at radius 3 is 2.64 bits per heavy atom. The lowest BCUT2D eigenvalue weighted by atomic mass is 10.2. The monoisotopic (exact) mass is 307 g/mol. The van der Waals surface area contributed by atoms with Gasteiger partial charge in [0.1, 0.15) is 5.82 Å². The number of nitrogens with one attached hydrogen (secondary N) is 2. The number of anilines is 2. The summed E-state index contributed by atoms with van der Waals surface area (Å²) in [6.07, 6.45) is 3.52. The highest BCUT2D eigenvalue weighted by atomic mass is 19.2. The van der Waals surface area contributed by atoms with Gasteiger partial charge in [-0.3, -0.25) is 4.79 Å². The normalized spacial score (nSPS) is 13.8. The molecule has 1 aliphatic rings. The van der Waals surface area contributed by atoms with Crippen LogP contribution < -0.4 is 10.6 Å². The summed E-state index contributed by atoms with van der Waals surface area (Å²) in [6, 6.07) is 5.08. The van der Waals surface area contributed by atoms with Crippen LogP contribution >= 0.6 is 0 Å². The van der Waals surface area contributed by atoms with Crippen LogP contribution in [0.5, 0.6) is 0 Å². The number of benzene rings is 1. The molecule has 1 aromatic carbocycles. The van der Waals surface area contributed by atoms with E-state index in [-0.39, 0.29) is 11.6 Å². The molecule has 1 heterocycles. The number of hydrogen-bond acceptors (Lipinski definition) is 3. The SMILES string of the molecule is O=C(Nc1ccc(F)c(F)c1F)c1cccnc1NC1CC1. The summed E-state index contributed by atoms with van der Waals surface area (Å²) in [7, 11) is 0. The highest BCUT2D eigenvalue weighted by Crippen LogP contribution is 2.26. The van der Waals surface area contributed by atoms with Gasteiger partial charge >= 0.3 is 0 Å². The second-order valence-corrected chi connectivity index (χ2v) is 5.00. The number of amides is 1. The zero-order valence-corrected chi connectivity index (χ0v) is 11.4. The minimum atomic E-state index is -1.62. The third-order valence-electron chi connectivity index (χ3n) is 3.25. The van der Waals surface area contributed by atoms with Crippen molar-refractivity contribution in [2.24, 2.45) is 0 Å². The van der Waals surface area contributed by atoms with E-state index in [2.05, 4.69) is 15.6 Å². The molecule has 4 nitrogen and oxygen atoms in total. The highest BCUT2D eigenvalue weighted by Gasteiger charge is 2.24. The van der Waals surface area contributed by atoms with Crippen molar-refractivity contribution in [1.82, 2.24) is 4.98 Å². The molecule has 22 heavy (non-hydrogen) atoms. The molecule has 1 saturated carbocycles. The number of pyridine rings is 1. The van der Waals surface area contributed by atoms with E-state index in [1.807, 2.05) is 0 Å². The molecule has 0 bridgehead atoms. The van der Waals surface area contributed by atoms with Crippen LogP contribution in [0, 0.1) is 17.5 Å². The Hall–Kier alpha value is -2.57. The van der Waals surface area contributed by atoms with Crippen LogP contribution in [0.4, 0.5) is 24.7 Å². The van der Waals surface area contributed by atoms with Gasteiger partial charge in [-0.1, -0.05) is 0 Å². The summed E-state index contributed by atoms with van der Waals surface area (Å²) >= 11 is 0. The maximum Gasteiger partial charge on any atom is 0.259 e. The van der Waals surface area contributed by atoms with Crippen molar-refractivity contribution in [3.8, 4) is 0 Å². The molecule has 0 radical (unpaired) electrons. The number of nitrogens with zero attached hydrogens (tertiary/aromatic N) is 1. The van der Waals surface area contributed by atoms with Crippen molar-refractivity contribution in [3.63, 3.8) is 0 Å². The lowest BCUT2D eigenvalue weighted by molar-refractivity contribution is 0.102. The first kappa shape index (κ1) is 14.4. The van der Waals surface area contributed by atoms with Crippen LogP contribution in [0.3, 0.4) is 0 Å². The second kappa shape index (κ2) is 5.67. The summed E-state index contributed by atoms with van der Waals surface area (Å²) in [5, 5.41) is 5.31. The fourth-order valence-electron chi connectivity index (χ4n) is 1.94. The fourth-order valence-corrected chi connectivity index (χ4v) is 1.94. The van der Waals surface area contributed by atoms with Gasteiger partial charge in [0, 0.05) is 12.2 Å². The van der Waals surface area contributed by atoms with E-state index in [1.54, 1.807) is 6.07 Å². The molecule has 0 unspecified atom stereocenters. The lowest BCUT2D eigenvalue weighted by Gasteiger charge is -2.11. The largest absolute Gasteiger partial charge is 0.367 e. The average molecular weight is 307 g/mol. The molecule has 1 aromatic heterocycles. The molecule has 0 aliphatic heterocycles. The number of carbonyl (C=O) groups is 1. The molecule has 1 aliphatic carbocycles. The van der Waals surface area contributed by atoms with Gasteiger partial charge in [0.25, 0.3) is 5.91 Å². The first-order valence-electron chi connectivity index (χ1n) is 6.72. The van der Waals surface area contributed by atoms with E-state index in [0.29, 0.717) is 5.82 Å².